The molecule has 0 spiro atoms. The van der Waals surface area contributed by atoms with E-state index in [2.05, 4.69) is 10.3 Å². The van der Waals surface area contributed by atoms with E-state index in [1.165, 1.54) is 0 Å². The Labute approximate surface area is 95.7 Å². The van der Waals surface area contributed by atoms with Crippen LogP contribution in [0.3, 0.4) is 0 Å². The predicted octanol–water partition coefficient (Wildman–Crippen LogP) is 1.63. The lowest BCUT2D eigenvalue weighted by atomic mass is 9.92. The van der Waals surface area contributed by atoms with Crippen molar-refractivity contribution in [2.75, 3.05) is 6.54 Å². The molecule has 0 aromatic carbocycles. The summed E-state index contributed by atoms with van der Waals surface area (Å²) in [6.45, 7) is 6.42. The Morgan fingerprint density at radius 3 is 2.50 bits per heavy atom. The minimum Gasteiger partial charge on any atom is -0.480 e. The van der Waals surface area contributed by atoms with Crippen molar-refractivity contribution in [3.8, 4) is 0 Å². The Kier molecular flexibility index (Phi) is 4.01. The minimum absolute atomic E-state index is 0.403. The third-order valence-electron chi connectivity index (χ3n) is 2.55. The van der Waals surface area contributed by atoms with Crippen molar-refractivity contribution in [1.29, 1.82) is 0 Å². The second-order valence-electron chi connectivity index (χ2n) is 4.44. The van der Waals surface area contributed by atoms with Gasteiger partial charge in [-0.3, -0.25) is 10.3 Å². The molecule has 1 rings (SSSR count). The summed E-state index contributed by atoms with van der Waals surface area (Å²) in [6, 6.07) is 3.45. The second kappa shape index (κ2) is 5.07. The molecule has 4 nitrogen and oxygen atoms in total. The Hall–Kier alpha value is -1.42. The molecule has 0 radical (unpaired) electrons. The third kappa shape index (κ3) is 2.79. The van der Waals surface area contributed by atoms with Crippen LogP contribution in [0, 0.1) is 5.92 Å². The van der Waals surface area contributed by atoms with Gasteiger partial charge in [-0.1, -0.05) is 13.8 Å². The van der Waals surface area contributed by atoms with Crippen molar-refractivity contribution >= 4 is 5.97 Å². The summed E-state index contributed by atoms with van der Waals surface area (Å²) < 4.78 is 0. The fourth-order valence-electron chi connectivity index (χ4n) is 1.39. The number of hydrogen-bond donors (Lipinski definition) is 2. The zero-order chi connectivity index (χ0) is 12.2. The number of carbonyl (C=O) groups is 1. The van der Waals surface area contributed by atoms with Gasteiger partial charge in [-0.2, -0.15) is 0 Å². The maximum atomic E-state index is 11.4. The Bertz CT molecular complexity index is 351. The first-order chi connectivity index (χ1) is 7.47. The molecule has 0 bridgehead atoms. The van der Waals surface area contributed by atoms with Gasteiger partial charge in [0.1, 0.15) is 5.54 Å². The first-order valence-corrected chi connectivity index (χ1v) is 5.35. The van der Waals surface area contributed by atoms with Crippen LogP contribution in [0.15, 0.2) is 24.5 Å². The zero-order valence-electron chi connectivity index (χ0n) is 9.90. The summed E-state index contributed by atoms with van der Waals surface area (Å²) in [5.74, 6) is -0.472. The van der Waals surface area contributed by atoms with E-state index in [1.807, 2.05) is 13.8 Å². The molecule has 1 heterocycles. The molecule has 0 saturated carbocycles. The van der Waals surface area contributed by atoms with Gasteiger partial charge >= 0.3 is 5.97 Å². The number of hydrogen-bond acceptors (Lipinski definition) is 3. The molecule has 0 saturated heterocycles. The number of carboxylic acid groups (broad SMARTS) is 1. The lowest BCUT2D eigenvalue weighted by Gasteiger charge is -2.27. The number of rotatable bonds is 5. The van der Waals surface area contributed by atoms with Crippen molar-refractivity contribution in [2.24, 2.45) is 5.92 Å². The van der Waals surface area contributed by atoms with Crippen LogP contribution >= 0.6 is 0 Å². The topological polar surface area (TPSA) is 62.2 Å². The summed E-state index contributed by atoms with van der Waals surface area (Å²) in [6.07, 6.45) is 3.21. The molecule has 1 aromatic rings. The number of nitrogens with zero attached hydrogens (tertiary/aromatic N) is 1. The number of nitrogens with one attached hydrogen (secondary N) is 1. The summed E-state index contributed by atoms with van der Waals surface area (Å²) in [7, 11) is 0. The van der Waals surface area contributed by atoms with Gasteiger partial charge in [-0.15, -0.1) is 0 Å². The molecule has 16 heavy (non-hydrogen) atoms. The van der Waals surface area contributed by atoms with E-state index >= 15 is 0 Å². The predicted molar refractivity (Wildman–Crippen MR) is 62.1 cm³/mol. The fraction of sp³-hybridized carbons (Fsp3) is 0.500. The van der Waals surface area contributed by atoms with Crippen LogP contribution in [0.2, 0.25) is 0 Å². The molecule has 1 unspecified atom stereocenters. The van der Waals surface area contributed by atoms with E-state index in [9.17, 15) is 9.90 Å². The van der Waals surface area contributed by atoms with E-state index < -0.39 is 11.5 Å². The third-order valence-corrected chi connectivity index (χ3v) is 2.55. The van der Waals surface area contributed by atoms with E-state index in [0.29, 0.717) is 12.5 Å². The number of aliphatic carboxylic acids is 1. The van der Waals surface area contributed by atoms with Gasteiger partial charge in [0, 0.05) is 12.4 Å². The molecule has 0 aliphatic heterocycles. The van der Waals surface area contributed by atoms with E-state index in [0.717, 1.165) is 5.56 Å². The Morgan fingerprint density at radius 1 is 1.50 bits per heavy atom. The summed E-state index contributed by atoms with van der Waals surface area (Å²) in [5, 5.41) is 12.4. The standard InChI is InChI=1S/C12H18N2O2/c1-9(2)8-14-12(3,11(15)16)10-4-6-13-7-5-10/h4-7,9,14H,8H2,1-3H3,(H,15,16). The number of carboxylic acids is 1. The largest absolute Gasteiger partial charge is 0.480 e. The van der Waals surface area contributed by atoms with Gasteiger partial charge in [0.15, 0.2) is 0 Å². The monoisotopic (exact) mass is 222 g/mol. The Morgan fingerprint density at radius 2 is 2.06 bits per heavy atom. The lowest BCUT2D eigenvalue weighted by molar-refractivity contribution is -0.144. The Balaban J connectivity index is 2.93. The molecule has 0 aliphatic rings. The SMILES string of the molecule is CC(C)CNC(C)(C(=O)O)c1ccncc1. The molecule has 2 N–H and O–H groups in total. The first kappa shape index (κ1) is 12.6. The summed E-state index contributed by atoms with van der Waals surface area (Å²) >= 11 is 0. The molecular weight excluding hydrogens is 204 g/mol. The van der Waals surface area contributed by atoms with Crippen molar-refractivity contribution < 1.29 is 9.90 Å². The first-order valence-electron chi connectivity index (χ1n) is 5.35. The smallest absolute Gasteiger partial charge is 0.328 e. The van der Waals surface area contributed by atoms with E-state index in [4.69, 9.17) is 0 Å². The van der Waals surface area contributed by atoms with Crippen LogP contribution in [0.5, 0.6) is 0 Å². The number of pyridine rings is 1. The average Bonchev–Trinajstić information content (AvgIpc) is 2.26. The maximum Gasteiger partial charge on any atom is 0.328 e. The van der Waals surface area contributed by atoms with Crippen molar-refractivity contribution in [3.05, 3.63) is 30.1 Å². The van der Waals surface area contributed by atoms with Crippen molar-refractivity contribution in [1.82, 2.24) is 10.3 Å². The second-order valence-corrected chi connectivity index (χ2v) is 4.44. The highest BCUT2D eigenvalue weighted by Gasteiger charge is 2.34. The zero-order valence-corrected chi connectivity index (χ0v) is 9.90. The number of aromatic nitrogens is 1. The highest BCUT2D eigenvalue weighted by Crippen LogP contribution is 2.20. The molecule has 0 aliphatic carbocycles. The normalized spacial score (nSPS) is 14.8. The van der Waals surface area contributed by atoms with E-state index in [1.54, 1.807) is 31.5 Å². The van der Waals surface area contributed by atoms with Gasteiger partial charge in [0.05, 0.1) is 0 Å². The van der Waals surface area contributed by atoms with Gasteiger partial charge in [0.2, 0.25) is 0 Å². The molecule has 1 atom stereocenters. The molecular formula is C12H18N2O2. The van der Waals surface area contributed by atoms with Crippen molar-refractivity contribution in [2.45, 2.75) is 26.3 Å². The van der Waals surface area contributed by atoms with Gasteiger partial charge in [-0.05, 0) is 37.1 Å². The molecule has 1 aromatic heterocycles. The summed E-state index contributed by atoms with van der Waals surface area (Å²) in [5.41, 5.74) is -0.330. The summed E-state index contributed by atoms with van der Waals surface area (Å²) in [4.78, 5) is 15.2. The molecule has 4 heteroatoms. The van der Waals surface area contributed by atoms with Gasteiger partial charge < -0.3 is 5.11 Å². The highest BCUT2D eigenvalue weighted by molar-refractivity contribution is 5.80. The maximum absolute atomic E-state index is 11.4. The van der Waals surface area contributed by atoms with Gasteiger partial charge in [0.25, 0.3) is 0 Å². The van der Waals surface area contributed by atoms with Crippen LogP contribution in [0.1, 0.15) is 26.3 Å². The van der Waals surface area contributed by atoms with Crippen molar-refractivity contribution in [3.63, 3.8) is 0 Å². The minimum atomic E-state index is -1.05. The van der Waals surface area contributed by atoms with Crippen LogP contribution < -0.4 is 5.32 Å². The van der Waals surface area contributed by atoms with Crippen LogP contribution in [0.4, 0.5) is 0 Å². The quantitative estimate of drug-likeness (QED) is 0.794. The lowest BCUT2D eigenvalue weighted by Crippen LogP contribution is -2.48. The molecule has 0 fully saturated rings. The fourth-order valence-corrected chi connectivity index (χ4v) is 1.39. The highest BCUT2D eigenvalue weighted by atomic mass is 16.4. The average molecular weight is 222 g/mol. The van der Waals surface area contributed by atoms with Gasteiger partial charge in [-0.25, -0.2) is 4.79 Å². The molecule has 88 valence electrons. The molecule has 0 amide bonds. The van der Waals surface area contributed by atoms with Crippen LogP contribution in [-0.4, -0.2) is 22.6 Å². The van der Waals surface area contributed by atoms with Crippen LogP contribution in [0.25, 0.3) is 0 Å². The van der Waals surface area contributed by atoms with E-state index in [-0.39, 0.29) is 0 Å². The van der Waals surface area contributed by atoms with Crippen LogP contribution in [-0.2, 0) is 10.3 Å².